The van der Waals surface area contributed by atoms with Gasteiger partial charge in [-0.15, -0.1) is 0 Å². The minimum atomic E-state index is -1.16. The van der Waals surface area contributed by atoms with Crippen molar-refractivity contribution in [3.05, 3.63) is 47.2 Å². The lowest BCUT2D eigenvalue weighted by Gasteiger charge is -2.19. The summed E-state index contributed by atoms with van der Waals surface area (Å²) in [5.41, 5.74) is 2.54. The van der Waals surface area contributed by atoms with E-state index in [-0.39, 0.29) is 12.3 Å². The van der Waals surface area contributed by atoms with Gasteiger partial charge in [0.05, 0.1) is 6.42 Å². The van der Waals surface area contributed by atoms with Crippen LogP contribution in [0.15, 0.2) is 30.5 Å². The molecule has 24 heavy (non-hydrogen) atoms. The molecule has 0 bridgehead atoms. The molecule has 1 aromatic carbocycles. The van der Waals surface area contributed by atoms with Crippen LogP contribution in [0, 0.1) is 0 Å². The van der Waals surface area contributed by atoms with Gasteiger partial charge in [0, 0.05) is 12.3 Å². The fourth-order valence-electron chi connectivity index (χ4n) is 2.91. The molecule has 6 nitrogen and oxygen atoms in total. The molecule has 0 radical (unpaired) electrons. The van der Waals surface area contributed by atoms with Crippen molar-refractivity contribution in [2.24, 2.45) is 0 Å². The zero-order valence-corrected chi connectivity index (χ0v) is 13.9. The number of anilines is 1. The maximum absolute atomic E-state index is 12.2. The van der Waals surface area contributed by atoms with Crippen LogP contribution in [-0.2, 0) is 34.4 Å². The molecule has 0 saturated carbocycles. The number of nitrogens with one attached hydrogen (secondary N) is 1. The molecule has 1 heterocycles. The summed E-state index contributed by atoms with van der Waals surface area (Å²) in [6.45, 7) is 3.11. The van der Waals surface area contributed by atoms with E-state index >= 15 is 0 Å². The molecular weight excluding hydrogens is 306 g/mol. The molecule has 0 saturated heterocycles. The van der Waals surface area contributed by atoms with Crippen LogP contribution >= 0.6 is 0 Å². The quantitative estimate of drug-likeness (QED) is 0.883. The van der Waals surface area contributed by atoms with Gasteiger partial charge in [-0.2, -0.15) is 5.10 Å². The summed E-state index contributed by atoms with van der Waals surface area (Å²) in [4.78, 5) is 23.4. The number of carbonyl (C=O) groups excluding carboxylic acids is 1. The second kappa shape index (κ2) is 6.11. The van der Waals surface area contributed by atoms with Crippen LogP contribution in [0.1, 0.15) is 37.0 Å². The molecule has 1 amide bonds. The Balaban J connectivity index is 1.65. The van der Waals surface area contributed by atoms with E-state index < -0.39 is 11.5 Å². The van der Waals surface area contributed by atoms with Crippen LogP contribution in [0.4, 0.5) is 5.82 Å². The molecule has 3 rings (SSSR count). The van der Waals surface area contributed by atoms with E-state index in [0.717, 1.165) is 18.4 Å². The molecule has 6 heteroatoms. The number of benzene rings is 1. The molecule has 0 spiro atoms. The Bertz CT molecular complexity index is 793. The Hall–Kier alpha value is -2.63. The van der Waals surface area contributed by atoms with Crippen molar-refractivity contribution in [2.75, 3.05) is 5.32 Å². The molecular formula is C18H21N3O3. The largest absolute Gasteiger partial charge is 0.479 e. The van der Waals surface area contributed by atoms with Gasteiger partial charge in [0.15, 0.2) is 11.4 Å². The first-order chi connectivity index (χ1) is 11.4. The molecule has 126 valence electrons. The first kappa shape index (κ1) is 16.2. The van der Waals surface area contributed by atoms with Crippen molar-refractivity contribution >= 4 is 17.7 Å². The molecule has 1 aliphatic rings. The predicted molar refractivity (Wildman–Crippen MR) is 90.0 cm³/mol. The van der Waals surface area contributed by atoms with Gasteiger partial charge in [0.25, 0.3) is 0 Å². The molecule has 0 aliphatic heterocycles. The van der Waals surface area contributed by atoms with Crippen LogP contribution in [0.25, 0.3) is 0 Å². The Morgan fingerprint density at radius 2 is 2.00 bits per heavy atom. The molecule has 1 aromatic heterocycles. The monoisotopic (exact) mass is 327 g/mol. The van der Waals surface area contributed by atoms with Crippen LogP contribution in [0.3, 0.4) is 0 Å². The number of hydrogen-bond donors (Lipinski definition) is 2. The van der Waals surface area contributed by atoms with Crippen LogP contribution < -0.4 is 5.32 Å². The molecule has 0 fully saturated rings. The summed E-state index contributed by atoms with van der Waals surface area (Å²) < 4.78 is 1.33. The van der Waals surface area contributed by atoms with E-state index in [1.54, 1.807) is 26.1 Å². The summed E-state index contributed by atoms with van der Waals surface area (Å²) in [5.74, 6) is -0.788. The maximum atomic E-state index is 12.2. The summed E-state index contributed by atoms with van der Waals surface area (Å²) >= 11 is 0. The Labute approximate surface area is 140 Å². The van der Waals surface area contributed by atoms with Gasteiger partial charge in [0.1, 0.15) is 0 Å². The second-order valence-electron chi connectivity index (χ2n) is 6.69. The third kappa shape index (κ3) is 3.18. The van der Waals surface area contributed by atoms with E-state index in [9.17, 15) is 14.7 Å². The van der Waals surface area contributed by atoms with Crippen LogP contribution in [-0.4, -0.2) is 26.8 Å². The Morgan fingerprint density at radius 1 is 1.25 bits per heavy atom. The number of carboxylic acid groups (broad SMARTS) is 1. The number of fused-ring (bicyclic) bond motifs is 1. The number of carboxylic acids is 1. The van der Waals surface area contributed by atoms with Gasteiger partial charge in [0.2, 0.25) is 5.91 Å². The van der Waals surface area contributed by atoms with E-state index in [1.165, 1.54) is 22.2 Å². The fraction of sp³-hybridized carbons (Fsp3) is 0.389. The van der Waals surface area contributed by atoms with Crippen LogP contribution in [0.5, 0.6) is 0 Å². The molecule has 2 aromatic rings. The number of nitrogens with zero attached hydrogens (tertiary/aromatic N) is 2. The number of hydrogen-bond acceptors (Lipinski definition) is 3. The lowest BCUT2D eigenvalue weighted by molar-refractivity contribution is -0.146. The first-order valence-electron chi connectivity index (χ1n) is 8.06. The van der Waals surface area contributed by atoms with Crippen LogP contribution in [0.2, 0.25) is 0 Å². The molecule has 1 aliphatic carbocycles. The minimum Gasteiger partial charge on any atom is -0.479 e. The van der Waals surface area contributed by atoms with Gasteiger partial charge in [-0.25, -0.2) is 4.79 Å². The van der Waals surface area contributed by atoms with Crippen molar-refractivity contribution in [2.45, 2.75) is 45.1 Å². The van der Waals surface area contributed by atoms with Crippen molar-refractivity contribution < 1.29 is 14.7 Å². The van der Waals surface area contributed by atoms with Gasteiger partial charge in [-0.05, 0) is 49.8 Å². The highest BCUT2D eigenvalue weighted by atomic mass is 16.4. The number of aryl methyl sites for hydroxylation is 2. The van der Waals surface area contributed by atoms with E-state index in [0.29, 0.717) is 5.82 Å². The smallest absolute Gasteiger partial charge is 0.331 e. The van der Waals surface area contributed by atoms with Crippen molar-refractivity contribution in [1.29, 1.82) is 0 Å². The van der Waals surface area contributed by atoms with Gasteiger partial charge < -0.3 is 10.4 Å². The molecule has 0 atom stereocenters. The highest BCUT2D eigenvalue weighted by molar-refractivity contribution is 5.91. The third-order valence-electron chi connectivity index (χ3n) is 4.48. The van der Waals surface area contributed by atoms with E-state index in [4.69, 9.17) is 0 Å². The third-order valence-corrected chi connectivity index (χ3v) is 4.48. The average molecular weight is 327 g/mol. The zero-order chi connectivity index (χ0) is 17.3. The Kier molecular flexibility index (Phi) is 4.13. The normalized spacial score (nSPS) is 13.6. The van der Waals surface area contributed by atoms with Crippen molar-refractivity contribution in [3.63, 3.8) is 0 Å². The lowest BCUT2D eigenvalue weighted by atomic mass is 10.0. The van der Waals surface area contributed by atoms with Gasteiger partial charge in [-0.1, -0.05) is 18.2 Å². The number of rotatable bonds is 5. The van der Waals surface area contributed by atoms with Crippen molar-refractivity contribution in [1.82, 2.24) is 9.78 Å². The standard InChI is InChI=1S/C18H21N3O3/c1-18(2,17(23)24)21-9-8-15(20-21)19-16(22)11-12-6-7-13-4-3-5-14(13)10-12/h6-10H,3-5,11H2,1-2H3,(H,23,24)(H,19,20,22). The number of aliphatic carboxylic acids is 1. The SMILES string of the molecule is CC(C)(C(=O)O)n1ccc(NC(=O)Cc2ccc3c(c2)CCC3)n1. The molecule has 0 unspecified atom stereocenters. The number of aromatic nitrogens is 2. The lowest BCUT2D eigenvalue weighted by Crippen LogP contribution is -2.36. The topological polar surface area (TPSA) is 84.2 Å². The fourth-order valence-corrected chi connectivity index (χ4v) is 2.91. The summed E-state index contributed by atoms with van der Waals surface area (Å²) in [6.07, 6.45) is 5.22. The van der Waals surface area contributed by atoms with Gasteiger partial charge in [-0.3, -0.25) is 9.48 Å². The zero-order valence-electron chi connectivity index (χ0n) is 13.9. The Morgan fingerprint density at radius 3 is 2.75 bits per heavy atom. The first-order valence-corrected chi connectivity index (χ1v) is 8.06. The number of carbonyl (C=O) groups is 2. The molecule has 2 N–H and O–H groups in total. The average Bonchev–Trinajstić information content (AvgIpc) is 3.15. The minimum absolute atomic E-state index is 0.161. The second-order valence-corrected chi connectivity index (χ2v) is 6.69. The summed E-state index contributed by atoms with van der Waals surface area (Å²) in [5, 5.41) is 16.1. The number of amides is 1. The summed E-state index contributed by atoms with van der Waals surface area (Å²) in [7, 11) is 0. The highest BCUT2D eigenvalue weighted by Gasteiger charge is 2.30. The highest BCUT2D eigenvalue weighted by Crippen LogP contribution is 2.23. The predicted octanol–water partition coefficient (Wildman–Crippen LogP) is 2.37. The van der Waals surface area contributed by atoms with E-state index in [1.807, 2.05) is 6.07 Å². The summed E-state index contributed by atoms with van der Waals surface area (Å²) in [6, 6.07) is 7.81. The van der Waals surface area contributed by atoms with Crippen molar-refractivity contribution in [3.8, 4) is 0 Å². The maximum Gasteiger partial charge on any atom is 0.331 e. The van der Waals surface area contributed by atoms with Gasteiger partial charge >= 0.3 is 5.97 Å². The van der Waals surface area contributed by atoms with E-state index in [2.05, 4.69) is 22.5 Å².